The van der Waals surface area contributed by atoms with Gasteiger partial charge in [-0.15, -0.1) is 11.3 Å². The lowest BCUT2D eigenvalue weighted by atomic mass is 9.91. The van der Waals surface area contributed by atoms with Gasteiger partial charge in [0.2, 0.25) is 0 Å². The van der Waals surface area contributed by atoms with Crippen LogP contribution >= 0.6 is 11.3 Å². The average molecular weight is 310 g/mol. The van der Waals surface area contributed by atoms with Crippen LogP contribution in [0.5, 0.6) is 0 Å². The highest BCUT2D eigenvalue weighted by molar-refractivity contribution is 7.15. The van der Waals surface area contributed by atoms with Gasteiger partial charge in [-0.05, 0) is 32.1 Å². The summed E-state index contributed by atoms with van der Waals surface area (Å²) in [5.41, 5.74) is 0.968. The predicted octanol–water partition coefficient (Wildman–Crippen LogP) is 3.61. The number of carbonyl (C=O) groups excluding carboxylic acids is 1. The molecule has 0 saturated heterocycles. The first-order valence-corrected chi connectivity index (χ1v) is 8.75. The largest absolute Gasteiger partial charge is 0.465 e. The highest BCUT2D eigenvalue weighted by Gasteiger charge is 2.31. The van der Waals surface area contributed by atoms with Gasteiger partial charge in [0.1, 0.15) is 5.92 Å². The molecule has 0 radical (unpaired) electrons. The van der Waals surface area contributed by atoms with E-state index in [0.29, 0.717) is 12.5 Å². The summed E-state index contributed by atoms with van der Waals surface area (Å²) in [5, 5.41) is 1.04. The molecule has 0 fully saturated rings. The molecule has 5 heteroatoms. The second-order valence-corrected chi connectivity index (χ2v) is 6.96. The molecule has 0 spiro atoms. The molecule has 21 heavy (non-hydrogen) atoms. The zero-order valence-electron chi connectivity index (χ0n) is 13.5. The van der Waals surface area contributed by atoms with Crippen LogP contribution in [0.2, 0.25) is 0 Å². The average Bonchev–Trinajstić information content (AvgIpc) is 2.91. The summed E-state index contributed by atoms with van der Waals surface area (Å²) in [5.74, 6) is 0.382. The first kappa shape index (κ1) is 16.3. The predicted molar refractivity (Wildman–Crippen MR) is 87.2 cm³/mol. The van der Waals surface area contributed by atoms with Crippen molar-refractivity contribution in [1.29, 1.82) is 0 Å². The van der Waals surface area contributed by atoms with Crippen molar-refractivity contribution in [3.8, 4) is 0 Å². The normalized spacial score (nSPS) is 19.0. The fourth-order valence-electron chi connectivity index (χ4n) is 2.72. The zero-order chi connectivity index (χ0) is 15.4. The van der Waals surface area contributed by atoms with E-state index < -0.39 is 0 Å². The summed E-state index contributed by atoms with van der Waals surface area (Å²) in [6, 6.07) is 0. The third-order valence-electron chi connectivity index (χ3n) is 4.12. The van der Waals surface area contributed by atoms with Crippen LogP contribution in [0.25, 0.3) is 0 Å². The van der Waals surface area contributed by atoms with Gasteiger partial charge in [0.15, 0.2) is 5.13 Å². The topological polar surface area (TPSA) is 42.4 Å². The number of anilines is 1. The van der Waals surface area contributed by atoms with E-state index >= 15 is 0 Å². The summed E-state index contributed by atoms with van der Waals surface area (Å²) in [6.07, 6.45) is 4.12. The molecule has 1 aromatic rings. The number of thiazole rings is 1. The summed E-state index contributed by atoms with van der Waals surface area (Å²) in [6.45, 7) is 7.77. The van der Waals surface area contributed by atoms with Crippen LogP contribution < -0.4 is 4.90 Å². The molecule has 0 bridgehead atoms. The summed E-state index contributed by atoms with van der Waals surface area (Å²) in [4.78, 5) is 20.3. The maximum Gasteiger partial charge on any atom is 0.315 e. The van der Waals surface area contributed by atoms with Gasteiger partial charge >= 0.3 is 5.97 Å². The molecule has 4 nitrogen and oxygen atoms in total. The third kappa shape index (κ3) is 3.76. The van der Waals surface area contributed by atoms with Crippen molar-refractivity contribution in [2.24, 2.45) is 5.92 Å². The summed E-state index contributed by atoms with van der Waals surface area (Å²) in [7, 11) is 2.09. The monoisotopic (exact) mass is 310 g/mol. The molecule has 0 amide bonds. The van der Waals surface area contributed by atoms with E-state index in [1.807, 2.05) is 6.92 Å². The highest BCUT2D eigenvalue weighted by atomic mass is 32.1. The molecular weight excluding hydrogens is 284 g/mol. The Morgan fingerprint density at radius 2 is 2.29 bits per heavy atom. The maximum absolute atomic E-state index is 12.1. The molecule has 1 aliphatic carbocycles. The Balaban J connectivity index is 2.16. The lowest BCUT2D eigenvalue weighted by molar-refractivity contribution is -0.145. The van der Waals surface area contributed by atoms with Gasteiger partial charge in [-0.3, -0.25) is 4.79 Å². The Morgan fingerprint density at radius 3 is 2.95 bits per heavy atom. The number of hydrogen-bond acceptors (Lipinski definition) is 5. The molecule has 118 valence electrons. The van der Waals surface area contributed by atoms with Crippen molar-refractivity contribution >= 4 is 22.4 Å². The molecule has 2 unspecified atom stereocenters. The van der Waals surface area contributed by atoms with Crippen LogP contribution in [0.4, 0.5) is 5.13 Å². The number of rotatable bonds is 6. The van der Waals surface area contributed by atoms with E-state index in [-0.39, 0.29) is 11.9 Å². The number of aromatic nitrogens is 1. The Morgan fingerprint density at radius 1 is 1.52 bits per heavy atom. The maximum atomic E-state index is 12.1. The van der Waals surface area contributed by atoms with E-state index in [1.54, 1.807) is 11.3 Å². The smallest absolute Gasteiger partial charge is 0.315 e. The van der Waals surface area contributed by atoms with Crippen molar-refractivity contribution < 1.29 is 9.53 Å². The molecule has 0 aromatic carbocycles. The minimum atomic E-state index is -0.157. The van der Waals surface area contributed by atoms with Gasteiger partial charge in [0.25, 0.3) is 0 Å². The Bertz CT molecular complexity index is 487. The van der Waals surface area contributed by atoms with Crippen molar-refractivity contribution in [2.75, 3.05) is 25.1 Å². The Labute approximate surface area is 131 Å². The van der Waals surface area contributed by atoms with E-state index in [4.69, 9.17) is 9.72 Å². The number of carbonyl (C=O) groups is 1. The van der Waals surface area contributed by atoms with Crippen LogP contribution in [0.3, 0.4) is 0 Å². The first-order chi connectivity index (χ1) is 10.1. The minimum Gasteiger partial charge on any atom is -0.465 e. The lowest BCUT2D eigenvalue weighted by Crippen LogP contribution is -2.24. The Hall–Kier alpha value is -1.10. The van der Waals surface area contributed by atoms with E-state index in [0.717, 1.165) is 36.6 Å². The molecule has 2 rings (SSSR count). The molecule has 1 aromatic heterocycles. The fraction of sp³-hybridized carbons (Fsp3) is 0.750. The molecule has 1 heterocycles. The molecular formula is C16H26N2O2S. The van der Waals surface area contributed by atoms with Crippen LogP contribution in [0, 0.1) is 5.92 Å². The highest BCUT2D eigenvalue weighted by Crippen LogP contribution is 2.38. The number of ether oxygens (including phenoxy) is 1. The van der Waals surface area contributed by atoms with Gasteiger partial charge in [-0.2, -0.15) is 0 Å². The quantitative estimate of drug-likeness (QED) is 0.753. The summed E-state index contributed by atoms with van der Waals surface area (Å²) >= 11 is 1.74. The van der Waals surface area contributed by atoms with Crippen LogP contribution in [-0.4, -0.2) is 31.2 Å². The lowest BCUT2D eigenvalue weighted by Gasteiger charge is -2.20. The van der Waals surface area contributed by atoms with Crippen molar-refractivity contribution in [3.63, 3.8) is 0 Å². The van der Waals surface area contributed by atoms with Gasteiger partial charge in [0, 0.05) is 18.5 Å². The van der Waals surface area contributed by atoms with Gasteiger partial charge in [-0.1, -0.05) is 20.3 Å². The van der Waals surface area contributed by atoms with Gasteiger partial charge < -0.3 is 9.64 Å². The second-order valence-electron chi connectivity index (χ2n) is 5.90. The van der Waals surface area contributed by atoms with Gasteiger partial charge in [0.05, 0.1) is 12.3 Å². The molecule has 2 atom stereocenters. The van der Waals surface area contributed by atoms with Crippen molar-refractivity contribution in [1.82, 2.24) is 4.98 Å². The number of aryl methyl sites for hydroxylation is 1. The molecule has 0 N–H and O–H groups in total. The summed E-state index contributed by atoms with van der Waals surface area (Å²) < 4.78 is 5.20. The minimum absolute atomic E-state index is 0.111. The SMILES string of the molecule is CCOC(=O)C1CCCc2sc(N(C)CC(C)CC)nc21. The number of hydrogen-bond donors (Lipinski definition) is 0. The van der Waals surface area contributed by atoms with Crippen molar-refractivity contribution in [3.05, 3.63) is 10.6 Å². The van der Waals surface area contributed by atoms with E-state index in [9.17, 15) is 4.79 Å². The zero-order valence-corrected chi connectivity index (χ0v) is 14.3. The van der Waals surface area contributed by atoms with Crippen LogP contribution in [0.1, 0.15) is 56.5 Å². The fourth-order valence-corrected chi connectivity index (χ4v) is 3.85. The third-order valence-corrected chi connectivity index (χ3v) is 5.37. The first-order valence-electron chi connectivity index (χ1n) is 7.94. The Kier molecular flexibility index (Phi) is 5.62. The van der Waals surface area contributed by atoms with E-state index in [1.165, 1.54) is 11.3 Å². The van der Waals surface area contributed by atoms with Crippen molar-refractivity contribution in [2.45, 2.75) is 52.4 Å². The molecule has 1 aliphatic rings. The number of nitrogens with zero attached hydrogens (tertiary/aromatic N) is 2. The van der Waals surface area contributed by atoms with E-state index in [2.05, 4.69) is 25.8 Å². The number of esters is 1. The number of fused-ring (bicyclic) bond motifs is 1. The second kappa shape index (κ2) is 7.25. The molecule has 0 saturated carbocycles. The molecule has 0 aliphatic heterocycles. The van der Waals surface area contributed by atoms with Crippen LogP contribution in [0.15, 0.2) is 0 Å². The van der Waals surface area contributed by atoms with Gasteiger partial charge in [-0.25, -0.2) is 4.98 Å². The van der Waals surface area contributed by atoms with Crippen LogP contribution in [-0.2, 0) is 16.0 Å². The standard InChI is InChI=1S/C16H26N2O2S/c1-5-11(3)10-18(4)16-17-14-12(15(19)20-6-2)8-7-9-13(14)21-16/h11-12H,5-10H2,1-4H3.